The maximum atomic E-state index is 12.7. The fourth-order valence-electron chi connectivity index (χ4n) is 1.97. The second kappa shape index (κ2) is 4.56. The van der Waals surface area contributed by atoms with Crippen molar-refractivity contribution in [1.82, 2.24) is 0 Å². The molecule has 2 rings (SSSR count). The van der Waals surface area contributed by atoms with Gasteiger partial charge in [-0.2, -0.15) is 13.2 Å². The van der Waals surface area contributed by atoms with E-state index in [-0.39, 0.29) is 17.7 Å². The van der Waals surface area contributed by atoms with Gasteiger partial charge in [-0.25, -0.2) is 0 Å². The minimum Gasteiger partial charge on any atom is -0.482 e. The van der Waals surface area contributed by atoms with Crippen molar-refractivity contribution in [3.63, 3.8) is 0 Å². The van der Waals surface area contributed by atoms with Gasteiger partial charge in [0.05, 0.1) is 5.56 Å². The van der Waals surface area contributed by atoms with E-state index in [1.54, 1.807) is 0 Å². The van der Waals surface area contributed by atoms with Gasteiger partial charge in [-0.05, 0) is 12.1 Å². The Morgan fingerprint density at radius 3 is 2.63 bits per heavy atom. The van der Waals surface area contributed by atoms with Gasteiger partial charge in [0.25, 0.3) is 0 Å². The third kappa shape index (κ3) is 2.69. The van der Waals surface area contributed by atoms with Crippen LogP contribution in [0.25, 0.3) is 0 Å². The Kier molecular flexibility index (Phi) is 3.21. The van der Waals surface area contributed by atoms with Gasteiger partial charge in [0.1, 0.15) is 12.2 Å². The van der Waals surface area contributed by atoms with Gasteiger partial charge in [-0.1, -0.05) is 6.07 Å². The van der Waals surface area contributed by atoms with E-state index in [1.807, 2.05) is 0 Å². The summed E-state index contributed by atoms with van der Waals surface area (Å²) in [5.41, 5.74) is -0.950. The number of carboxylic acids is 1. The molecule has 19 heavy (non-hydrogen) atoms. The van der Waals surface area contributed by atoms with Gasteiger partial charge < -0.3 is 9.84 Å². The smallest absolute Gasteiger partial charge is 0.416 e. The number of benzene rings is 1. The van der Waals surface area contributed by atoms with Crippen molar-refractivity contribution < 1.29 is 32.6 Å². The van der Waals surface area contributed by atoms with Crippen LogP contribution in [0.1, 0.15) is 17.5 Å². The van der Waals surface area contributed by atoms with Crippen LogP contribution in [0.2, 0.25) is 0 Å². The van der Waals surface area contributed by atoms with E-state index < -0.39 is 36.0 Å². The number of hydrogen-bond donors (Lipinski definition) is 1. The molecular weight excluding hydrogens is 265 g/mol. The van der Waals surface area contributed by atoms with Crippen LogP contribution in [0.3, 0.4) is 0 Å². The number of carboxylic acid groups (broad SMARTS) is 1. The number of carbonyl (C=O) groups excluding carboxylic acids is 1. The largest absolute Gasteiger partial charge is 0.482 e. The first kappa shape index (κ1) is 13.4. The molecule has 0 aromatic heterocycles. The topological polar surface area (TPSA) is 63.6 Å². The second-order valence-corrected chi connectivity index (χ2v) is 4.13. The summed E-state index contributed by atoms with van der Waals surface area (Å²) in [5, 5.41) is 8.49. The average molecular weight is 274 g/mol. The molecule has 0 saturated heterocycles. The Bertz CT molecular complexity index is 536. The number of fused-ring (bicyclic) bond motifs is 1. The van der Waals surface area contributed by atoms with Crippen LogP contribution < -0.4 is 4.74 Å². The summed E-state index contributed by atoms with van der Waals surface area (Å²) in [4.78, 5) is 21.9. The van der Waals surface area contributed by atoms with Crippen LogP contribution in [-0.4, -0.2) is 23.0 Å². The molecule has 0 amide bonds. The molecule has 1 aromatic carbocycles. The number of ether oxygens (including phenoxy) is 1. The van der Waals surface area contributed by atoms with Crippen LogP contribution in [0.15, 0.2) is 18.2 Å². The number of Topliss-reactive ketones (excluding diaryl/α,β-unsaturated/α-hetero) is 1. The molecule has 0 aliphatic carbocycles. The van der Waals surface area contributed by atoms with Crippen LogP contribution >= 0.6 is 0 Å². The summed E-state index contributed by atoms with van der Waals surface area (Å²) < 4.78 is 43.3. The van der Waals surface area contributed by atoms with E-state index in [0.717, 1.165) is 6.07 Å². The number of alkyl halides is 3. The van der Waals surface area contributed by atoms with Gasteiger partial charge in [-0.3, -0.25) is 9.59 Å². The highest BCUT2D eigenvalue weighted by Gasteiger charge is 2.39. The maximum absolute atomic E-state index is 12.7. The summed E-state index contributed by atoms with van der Waals surface area (Å²) in [7, 11) is 0. The summed E-state index contributed by atoms with van der Waals surface area (Å²) in [6, 6.07) is 3.43. The number of aliphatic carboxylic acids is 1. The fraction of sp³-hybridized carbons (Fsp3) is 0.333. The Morgan fingerprint density at radius 2 is 2.05 bits per heavy atom. The van der Waals surface area contributed by atoms with E-state index in [2.05, 4.69) is 0 Å². The molecule has 4 nitrogen and oxygen atoms in total. The highest BCUT2D eigenvalue weighted by molar-refractivity contribution is 5.98. The van der Waals surface area contributed by atoms with Crippen molar-refractivity contribution in [2.45, 2.75) is 25.1 Å². The molecular formula is C12H9F3O4. The molecule has 0 fully saturated rings. The fourth-order valence-corrected chi connectivity index (χ4v) is 1.97. The van der Waals surface area contributed by atoms with Crippen LogP contribution in [0.5, 0.6) is 5.75 Å². The Balaban J connectivity index is 2.25. The zero-order valence-corrected chi connectivity index (χ0v) is 9.53. The summed E-state index contributed by atoms with van der Waals surface area (Å²) in [5.74, 6) is -2.09. The molecule has 1 heterocycles. The first-order valence-electron chi connectivity index (χ1n) is 5.39. The van der Waals surface area contributed by atoms with Crippen molar-refractivity contribution >= 4 is 11.8 Å². The van der Waals surface area contributed by atoms with E-state index in [1.165, 1.54) is 12.1 Å². The third-order valence-electron chi connectivity index (χ3n) is 2.78. The molecule has 0 spiro atoms. The number of hydrogen-bond acceptors (Lipinski definition) is 3. The molecule has 1 unspecified atom stereocenters. The van der Waals surface area contributed by atoms with Crippen molar-refractivity contribution in [1.29, 1.82) is 0 Å². The van der Waals surface area contributed by atoms with Crippen molar-refractivity contribution in [3.8, 4) is 5.75 Å². The molecule has 0 saturated carbocycles. The number of carbonyl (C=O) groups is 2. The first-order valence-corrected chi connectivity index (χ1v) is 5.39. The van der Waals surface area contributed by atoms with Crippen LogP contribution in [-0.2, 0) is 22.2 Å². The summed E-state index contributed by atoms with van der Waals surface area (Å²) >= 11 is 0. The average Bonchev–Trinajstić information content (AvgIpc) is 2.69. The Morgan fingerprint density at radius 1 is 1.37 bits per heavy atom. The molecule has 0 radical (unpaired) electrons. The van der Waals surface area contributed by atoms with Gasteiger partial charge in [0.2, 0.25) is 0 Å². The SMILES string of the molecule is O=C(O)CC(=O)C1Cc2c(cccc2C(F)(F)F)O1. The predicted octanol–water partition coefficient (Wildman–Crippen LogP) is 2.05. The first-order chi connectivity index (χ1) is 8.79. The van der Waals surface area contributed by atoms with E-state index in [0.29, 0.717) is 0 Å². The number of halogens is 3. The second-order valence-electron chi connectivity index (χ2n) is 4.13. The minimum atomic E-state index is -4.53. The van der Waals surface area contributed by atoms with Gasteiger partial charge in [-0.15, -0.1) is 0 Å². The minimum absolute atomic E-state index is 0.0152. The zero-order chi connectivity index (χ0) is 14.2. The molecule has 1 aliphatic heterocycles. The molecule has 1 aliphatic rings. The Hall–Kier alpha value is -2.05. The van der Waals surface area contributed by atoms with E-state index in [9.17, 15) is 22.8 Å². The molecule has 1 atom stereocenters. The van der Waals surface area contributed by atoms with Crippen molar-refractivity contribution in [2.24, 2.45) is 0 Å². The lowest BCUT2D eigenvalue weighted by atomic mass is 10.0. The predicted molar refractivity (Wildman–Crippen MR) is 56.8 cm³/mol. The third-order valence-corrected chi connectivity index (χ3v) is 2.78. The molecule has 7 heteroatoms. The van der Waals surface area contributed by atoms with Crippen molar-refractivity contribution in [2.75, 3.05) is 0 Å². The number of ketones is 1. The van der Waals surface area contributed by atoms with Crippen LogP contribution in [0, 0.1) is 0 Å². The molecule has 102 valence electrons. The lowest BCUT2D eigenvalue weighted by Crippen LogP contribution is -2.27. The quantitative estimate of drug-likeness (QED) is 0.857. The van der Waals surface area contributed by atoms with Gasteiger partial charge in [0.15, 0.2) is 11.9 Å². The normalized spacial score (nSPS) is 17.7. The van der Waals surface area contributed by atoms with Gasteiger partial charge in [0, 0.05) is 12.0 Å². The Labute approximate surface area is 105 Å². The van der Waals surface area contributed by atoms with Crippen LogP contribution in [0.4, 0.5) is 13.2 Å². The molecule has 0 bridgehead atoms. The standard InChI is InChI=1S/C12H9F3O4/c13-12(14,15)7-2-1-3-9-6(7)4-10(19-9)8(16)5-11(17)18/h1-3,10H,4-5H2,(H,17,18). The zero-order valence-electron chi connectivity index (χ0n) is 9.53. The lowest BCUT2D eigenvalue weighted by Gasteiger charge is -2.09. The van der Waals surface area contributed by atoms with E-state index >= 15 is 0 Å². The highest BCUT2D eigenvalue weighted by Crippen LogP contribution is 2.40. The lowest BCUT2D eigenvalue weighted by molar-refractivity contribution is -0.142. The summed E-state index contributed by atoms with van der Waals surface area (Å²) in [6.45, 7) is 0. The summed E-state index contributed by atoms with van der Waals surface area (Å²) in [6.07, 6.45) is -6.70. The monoisotopic (exact) mass is 274 g/mol. The number of rotatable bonds is 3. The maximum Gasteiger partial charge on any atom is 0.416 e. The molecule has 1 N–H and O–H groups in total. The highest BCUT2D eigenvalue weighted by atomic mass is 19.4. The van der Waals surface area contributed by atoms with E-state index in [4.69, 9.17) is 9.84 Å². The van der Waals surface area contributed by atoms with Crippen molar-refractivity contribution in [3.05, 3.63) is 29.3 Å². The molecule has 1 aromatic rings. The van der Waals surface area contributed by atoms with Gasteiger partial charge >= 0.3 is 12.1 Å².